The molecule has 2 amide bonds. The van der Waals surface area contributed by atoms with Crippen LogP contribution >= 0.6 is 11.8 Å². The van der Waals surface area contributed by atoms with Gasteiger partial charge in [-0.2, -0.15) is 0 Å². The fourth-order valence-corrected chi connectivity index (χ4v) is 3.53. The normalized spacial score (nSPS) is 18.5. The molecule has 0 N–H and O–H groups in total. The van der Waals surface area contributed by atoms with Crippen LogP contribution in [0.15, 0.2) is 29.3 Å². The third kappa shape index (κ3) is 3.83. The molecule has 4 nitrogen and oxygen atoms in total. The van der Waals surface area contributed by atoms with E-state index in [0.717, 1.165) is 16.4 Å². The van der Waals surface area contributed by atoms with Gasteiger partial charge in [-0.25, -0.2) is 4.79 Å². The monoisotopic (exact) mass is 319 g/mol. The molecule has 1 saturated heterocycles. The Hall–Kier alpha value is -1.49. The summed E-state index contributed by atoms with van der Waals surface area (Å²) in [6.07, 6.45) is 0. The molecule has 5 heteroatoms. The van der Waals surface area contributed by atoms with Crippen LogP contribution in [0.5, 0.6) is 0 Å². The summed E-state index contributed by atoms with van der Waals surface area (Å²) in [6.45, 7) is 12.2. The van der Waals surface area contributed by atoms with Gasteiger partial charge >= 0.3 is 6.03 Å². The van der Waals surface area contributed by atoms with Gasteiger partial charge in [-0.15, -0.1) is 0 Å². The van der Waals surface area contributed by atoms with Crippen LogP contribution in [-0.4, -0.2) is 33.6 Å². The van der Waals surface area contributed by atoms with E-state index in [1.165, 1.54) is 0 Å². The van der Waals surface area contributed by atoms with E-state index < -0.39 is 0 Å². The van der Waals surface area contributed by atoms with Crippen LogP contribution in [-0.2, 0) is 0 Å². The summed E-state index contributed by atoms with van der Waals surface area (Å²) in [5.74, 6) is 0.598. The van der Waals surface area contributed by atoms with Gasteiger partial charge in [0.1, 0.15) is 0 Å². The van der Waals surface area contributed by atoms with Crippen molar-refractivity contribution in [3.8, 4) is 0 Å². The van der Waals surface area contributed by atoms with E-state index in [1.807, 2.05) is 49.9 Å². The smallest absolute Gasteiger partial charge is 0.284 e. The maximum atomic E-state index is 12.9. The number of thioether (sulfide) groups is 1. The molecule has 0 saturated carbocycles. The minimum atomic E-state index is -0.193. The number of anilines is 1. The van der Waals surface area contributed by atoms with Crippen LogP contribution in [0.1, 0.15) is 40.2 Å². The average Bonchev–Trinajstić information content (AvgIpc) is 2.36. The van der Waals surface area contributed by atoms with Gasteiger partial charge in [-0.05, 0) is 59.2 Å². The number of nitrogens with zero attached hydrogens (tertiary/aromatic N) is 3. The minimum Gasteiger partial charge on any atom is -0.284 e. The minimum absolute atomic E-state index is 0.00218. The number of benzene rings is 1. The van der Waals surface area contributed by atoms with E-state index >= 15 is 0 Å². The summed E-state index contributed by atoms with van der Waals surface area (Å²) in [5, 5.41) is 0.816. The molecule has 1 aliphatic heterocycles. The highest BCUT2D eigenvalue weighted by atomic mass is 32.2. The van der Waals surface area contributed by atoms with Crippen molar-refractivity contribution < 1.29 is 4.79 Å². The fraction of sp³-hybridized carbons (Fsp3) is 0.529. The molecule has 1 aromatic rings. The molecule has 0 atom stereocenters. The molecule has 0 unspecified atom stereocenters. The number of hydrogen-bond acceptors (Lipinski definition) is 3. The first kappa shape index (κ1) is 16.9. The second kappa shape index (κ2) is 6.32. The maximum absolute atomic E-state index is 12.9. The molecule has 22 heavy (non-hydrogen) atoms. The van der Waals surface area contributed by atoms with Crippen molar-refractivity contribution in [2.24, 2.45) is 4.99 Å². The Labute approximate surface area is 137 Å². The number of carbonyl (C=O) groups excluding carboxylic acids is 1. The Kier molecular flexibility index (Phi) is 4.85. The summed E-state index contributed by atoms with van der Waals surface area (Å²) < 4.78 is 0. The summed E-state index contributed by atoms with van der Waals surface area (Å²) in [4.78, 5) is 21.3. The van der Waals surface area contributed by atoms with Crippen molar-refractivity contribution in [1.82, 2.24) is 4.90 Å². The molecule has 0 bridgehead atoms. The van der Waals surface area contributed by atoms with Gasteiger partial charge in [0, 0.05) is 11.7 Å². The largest absolute Gasteiger partial charge is 0.331 e. The molecular weight excluding hydrogens is 294 g/mol. The van der Waals surface area contributed by atoms with Crippen LogP contribution < -0.4 is 4.90 Å². The Morgan fingerprint density at radius 3 is 2.50 bits per heavy atom. The van der Waals surface area contributed by atoms with E-state index in [2.05, 4.69) is 20.8 Å². The van der Waals surface area contributed by atoms with Gasteiger partial charge < -0.3 is 0 Å². The number of aryl methyl sites for hydroxylation is 1. The van der Waals surface area contributed by atoms with Crippen molar-refractivity contribution in [3.05, 3.63) is 29.8 Å². The molecule has 0 aromatic heterocycles. The molecule has 0 aliphatic carbocycles. The van der Waals surface area contributed by atoms with E-state index in [1.54, 1.807) is 16.7 Å². The third-order valence-electron chi connectivity index (χ3n) is 3.23. The van der Waals surface area contributed by atoms with Crippen molar-refractivity contribution in [2.45, 2.75) is 53.1 Å². The molecule has 120 valence electrons. The van der Waals surface area contributed by atoms with E-state index in [-0.39, 0.29) is 17.6 Å². The van der Waals surface area contributed by atoms with E-state index in [9.17, 15) is 4.79 Å². The highest BCUT2D eigenvalue weighted by Crippen LogP contribution is 2.29. The summed E-state index contributed by atoms with van der Waals surface area (Å²) in [6, 6.07) is 8.13. The number of amides is 2. The number of urea groups is 1. The summed E-state index contributed by atoms with van der Waals surface area (Å²) >= 11 is 1.62. The van der Waals surface area contributed by atoms with Crippen LogP contribution in [0, 0.1) is 6.92 Å². The van der Waals surface area contributed by atoms with Crippen molar-refractivity contribution in [3.63, 3.8) is 0 Å². The Balaban J connectivity index is 2.35. The molecule has 1 heterocycles. The lowest BCUT2D eigenvalue weighted by molar-refractivity contribution is 0.220. The summed E-state index contributed by atoms with van der Waals surface area (Å²) in [5.41, 5.74) is 1.90. The Morgan fingerprint density at radius 1 is 1.27 bits per heavy atom. The zero-order valence-corrected chi connectivity index (χ0v) is 15.1. The van der Waals surface area contributed by atoms with E-state index in [0.29, 0.717) is 5.88 Å². The highest BCUT2D eigenvalue weighted by molar-refractivity contribution is 8.14. The second-order valence-electron chi connectivity index (χ2n) is 6.85. The molecule has 1 fully saturated rings. The molecule has 0 spiro atoms. The summed E-state index contributed by atoms with van der Waals surface area (Å²) in [7, 11) is 0. The van der Waals surface area contributed by atoms with Gasteiger partial charge in [-0.3, -0.25) is 14.8 Å². The predicted octanol–water partition coefficient (Wildman–Crippen LogP) is 4.49. The van der Waals surface area contributed by atoms with Crippen LogP contribution in [0.2, 0.25) is 0 Å². The number of carbonyl (C=O) groups is 1. The molecular formula is C17H25N3OS. The van der Waals surface area contributed by atoms with Crippen molar-refractivity contribution in [1.29, 1.82) is 0 Å². The standard InChI is InChI=1S/C17H25N3OS/c1-12(2)20-15(18-17(4,5)6)22-11-19(16(20)21)14-9-7-8-13(3)10-14/h7-10,12H,11H2,1-6H3/b18-15-. The Morgan fingerprint density at radius 2 is 1.95 bits per heavy atom. The SMILES string of the molecule is Cc1cccc(N2CS/C(=N\C(C)(C)C)N(C(C)C)C2=O)c1. The first-order valence-electron chi connectivity index (χ1n) is 7.59. The predicted molar refractivity (Wildman–Crippen MR) is 95.7 cm³/mol. The molecule has 1 aromatic carbocycles. The van der Waals surface area contributed by atoms with Crippen molar-refractivity contribution in [2.75, 3.05) is 10.8 Å². The lowest BCUT2D eigenvalue weighted by Crippen LogP contribution is -2.53. The zero-order valence-electron chi connectivity index (χ0n) is 14.3. The molecule has 2 rings (SSSR count). The van der Waals surface area contributed by atoms with Gasteiger partial charge in [-0.1, -0.05) is 23.9 Å². The number of aliphatic imine (C=N–C) groups is 1. The van der Waals surface area contributed by atoms with Crippen LogP contribution in [0.4, 0.5) is 10.5 Å². The third-order valence-corrected chi connectivity index (χ3v) is 4.16. The molecule has 1 aliphatic rings. The zero-order chi connectivity index (χ0) is 16.5. The van der Waals surface area contributed by atoms with Gasteiger partial charge in [0.2, 0.25) is 0 Å². The first-order chi connectivity index (χ1) is 10.2. The van der Waals surface area contributed by atoms with Crippen LogP contribution in [0.3, 0.4) is 0 Å². The lowest BCUT2D eigenvalue weighted by Gasteiger charge is -2.39. The second-order valence-corrected chi connectivity index (χ2v) is 7.76. The fourth-order valence-electron chi connectivity index (χ4n) is 2.25. The highest BCUT2D eigenvalue weighted by Gasteiger charge is 2.34. The average molecular weight is 319 g/mol. The van der Waals surface area contributed by atoms with Gasteiger partial charge in [0.05, 0.1) is 11.4 Å². The van der Waals surface area contributed by atoms with Crippen molar-refractivity contribution >= 4 is 28.6 Å². The topological polar surface area (TPSA) is 35.9 Å². The quantitative estimate of drug-likeness (QED) is 0.805. The van der Waals surface area contributed by atoms with Gasteiger partial charge in [0.15, 0.2) is 5.17 Å². The number of hydrogen-bond donors (Lipinski definition) is 0. The molecule has 0 radical (unpaired) electrons. The van der Waals surface area contributed by atoms with Gasteiger partial charge in [0.25, 0.3) is 0 Å². The number of rotatable bonds is 2. The lowest BCUT2D eigenvalue weighted by atomic mass is 10.1. The first-order valence-corrected chi connectivity index (χ1v) is 8.57. The van der Waals surface area contributed by atoms with E-state index in [4.69, 9.17) is 4.99 Å². The Bertz CT molecular complexity index is 590. The number of amidine groups is 1. The van der Waals surface area contributed by atoms with Crippen LogP contribution in [0.25, 0.3) is 0 Å². The maximum Gasteiger partial charge on any atom is 0.331 e.